The zero-order valence-corrected chi connectivity index (χ0v) is 5.72. The average Bonchev–Trinajstić information content (AvgIpc) is 1.37. The zero-order valence-electron chi connectivity index (χ0n) is 1.74. The molecule has 28 valence electrons. The van der Waals surface area contributed by atoms with Gasteiger partial charge in [0.25, 0.3) is 0 Å². The van der Waals surface area contributed by atoms with E-state index in [1.165, 1.54) is 0 Å². The summed E-state index contributed by atoms with van der Waals surface area (Å²) < 4.78 is 8.39. The molecular weight excluding hydrogens is 300 g/mol. The summed E-state index contributed by atoms with van der Waals surface area (Å²) in [5, 5.41) is 0. The van der Waals surface area contributed by atoms with Crippen LogP contribution in [0.2, 0.25) is 0 Å². The molecule has 0 heterocycles. The number of hydrogen-bond acceptors (Lipinski definition) is 1. The maximum atomic E-state index is 4.94. The molecule has 0 atom stereocenters. The van der Waals surface area contributed by atoms with Gasteiger partial charge in [0.1, 0.15) is 0 Å². The Morgan fingerprint density at radius 1 is 2.00 bits per heavy atom. The van der Waals surface area contributed by atoms with Crippen molar-refractivity contribution in [1.29, 1.82) is 0 Å². The van der Waals surface area contributed by atoms with Crippen molar-refractivity contribution < 1.29 is 18.2 Å². The van der Waals surface area contributed by atoms with Crippen molar-refractivity contribution in [2.45, 2.75) is 0 Å². The van der Waals surface area contributed by atoms with Crippen molar-refractivity contribution in [3.63, 3.8) is 0 Å². The predicted octanol–water partition coefficient (Wildman–Crippen LogP) is -0.228. The van der Waals surface area contributed by atoms with Gasteiger partial charge >= 0.3 is 41.7 Å². The summed E-state index contributed by atoms with van der Waals surface area (Å²) in [4.78, 5) is 0. The minimum atomic E-state index is -0.444. The van der Waals surface area contributed by atoms with Crippen molar-refractivity contribution in [3.05, 3.63) is 0 Å². The van der Waals surface area contributed by atoms with Crippen LogP contribution in [0, 0.1) is 0 Å². The summed E-state index contributed by atoms with van der Waals surface area (Å²) in [5.41, 5.74) is 0. The van der Waals surface area contributed by atoms with Crippen LogP contribution in [0.3, 0.4) is 0 Å². The third kappa shape index (κ3) is 3.05. The SMILES string of the molecule is [NH2][Ir][N]Br. The van der Waals surface area contributed by atoms with Gasteiger partial charge in [0.15, 0.2) is 0 Å². The Hall–Kier alpha value is 1.05. The molecule has 4 heavy (non-hydrogen) atoms. The van der Waals surface area contributed by atoms with Crippen LogP contribution >= 0.6 is 16.1 Å². The number of hydrogen-bond donors (Lipinski definition) is 1. The molecule has 0 spiro atoms. The second-order valence-electron chi connectivity index (χ2n) is 0.142. The van der Waals surface area contributed by atoms with Crippen molar-refractivity contribution in [1.82, 2.24) is 3.01 Å². The van der Waals surface area contributed by atoms with Crippen LogP contribution in [0.1, 0.15) is 0 Å². The number of halogens is 1. The van der Waals surface area contributed by atoms with Crippen molar-refractivity contribution in [2.75, 3.05) is 0 Å². The standard InChI is InChI=1S/BrN.Ir.H2N/c1-2;;/h;;1H2/q;+1;-1. The Morgan fingerprint density at radius 2 is 2.25 bits per heavy atom. The molecule has 4 heteroatoms. The van der Waals surface area contributed by atoms with Crippen LogP contribution in [-0.4, -0.2) is 0 Å². The van der Waals surface area contributed by atoms with E-state index in [2.05, 4.69) is 19.2 Å². The molecule has 0 aromatic heterocycles. The van der Waals surface area contributed by atoms with Crippen molar-refractivity contribution in [2.24, 2.45) is 4.40 Å². The molecule has 0 aliphatic heterocycles. The van der Waals surface area contributed by atoms with Gasteiger partial charge in [0.2, 0.25) is 0 Å². The molecule has 0 fully saturated rings. The Morgan fingerprint density at radius 3 is 2.25 bits per heavy atom. The molecule has 1 radical (unpaired) electrons. The molecule has 0 saturated heterocycles. The topological polar surface area (TPSA) is 40.1 Å². The van der Waals surface area contributed by atoms with Gasteiger partial charge < -0.3 is 0 Å². The van der Waals surface area contributed by atoms with Crippen molar-refractivity contribution >= 4 is 16.1 Å². The summed E-state index contributed by atoms with van der Waals surface area (Å²) in [5.74, 6) is 0. The number of rotatable bonds is 1. The van der Waals surface area contributed by atoms with E-state index >= 15 is 0 Å². The molecule has 0 aromatic rings. The van der Waals surface area contributed by atoms with Gasteiger partial charge in [0, 0.05) is 0 Å². The monoisotopic (exact) mass is 302 g/mol. The van der Waals surface area contributed by atoms with E-state index in [0.717, 1.165) is 0 Å². The Labute approximate surface area is 42.0 Å². The van der Waals surface area contributed by atoms with Gasteiger partial charge in [-0.3, -0.25) is 0 Å². The van der Waals surface area contributed by atoms with Crippen LogP contribution in [0.4, 0.5) is 0 Å². The fourth-order valence-corrected chi connectivity index (χ4v) is 0. The van der Waals surface area contributed by atoms with Gasteiger partial charge in [-0.2, -0.15) is 0 Å². The molecule has 0 aliphatic carbocycles. The molecule has 0 amide bonds. The third-order valence-electron chi connectivity index (χ3n) is 0.0325. The summed E-state index contributed by atoms with van der Waals surface area (Å²) in [7, 11) is 0. The van der Waals surface area contributed by atoms with E-state index in [4.69, 9.17) is 4.40 Å². The second-order valence-corrected chi connectivity index (χ2v) is 3.10. The zero-order chi connectivity index (χ0) is 3.41. The van der Waals surface area contributed by atoms with Gasteiger partial charge in [-0.05, 0) is 0 Å². The van der Waals surface area contributed by atoms with Gasteiger partial charge in [-0.15, -0.1) is 0 Å². The van der Waals surface area contributed by atoms with Gasteiger partial charge in [0.05, 0.1) is 0 Å². The van der Waals surface area contributed by atoms with Crippen LogP contribution < -0.4 is 7.42 Å². The number of nitrogens with zero attached hydrogens (tertiary/aromatic N) is 1. The molecule has 0 rings (SSSR count). The summed E-state index contributed by atoms with van der Waals surface area (Å²) in [6.45, 7) is 0. The third-order valence-corrected chi connectivity index (χ3v) is 1.38. The summed E-state index contributed by atoms with van der Waals surface area (Å²) in [6.07, 6.45) is 0. The molecule has 0 bridgehead atoms. The minimum absolute atomic E-state index is 0.444. The van der Waals surface area contributed by atoms with E-state index < -0.39 is 18.2 Å². The first-order valence-electron chi connectivity index (χ1n) is 0.511. The Kier molecular flexibility index (Phi) is 5.11. The quantitative estimate of drug-likeness (QED) is 0.714. The molecule has 0 unspecified atom stereocenters. The number of nitrogens with two attached hydrogens (primary N) is 1. The van der Waals surface area contributed by atoms with E-state index in [9.17, 15) is 0 Å². The first kappa shape index (κ1) is 5.05. The van der Waals surface area contributed by atoms with Crippen LogP contribution in [0.15, 0.2) is 0 Å². The van der Waals surface area contributed by atoms with Crippen LogP contribution in [-0.2, 0) is 18.2 Å². The van der Waals surface area contributed by atoms with E-state index in [-0.39, 0.29) is 0 Å². The van der Waals surface area contributed by atoms with Crippen LogP contribution in [0.25, 0.3) is 0 Å². The first-order valence-corrected chi connectivity index (χ1v) is 3.67. The molecule has 2 N–H and O–H groups in total. The second kappa shape index (κ2) is 4.05. The van der Waals surface area contributed by atoms with Crippen molar-refractivity contribution in [3.8, 4) is 0 Å². The Bertz CT molecular complexity index is 8.00. The molecule has 2 nitrogen and oxygen atoms in total. The molecule has 0 saturated carbocycles. The molecule has 0 aliphatic rings. The molecule has 0 aromatic carbocycles. The first-order chi connectivity index (χ1) is 1.91. The fourth-order valence-electron chi connectivity index (χ4n) is 0. The van der Waals surface area contributed by atoms with Gasteiger partial charge in [-0.25, -0.2) is 0 Å². The Balaban J connectivity index is 1.97. The van der Waals surface area contributed by atoms with E-state index in [0.29, 0.717) is 0 Å². The summed E-state index contributed by atoms with van der Waals surface area (Å²) >= 11 is 2.36. The normalized spacial score (nSPS) is 8.50. The summed E-state index contributed by atoms with van der Waals surface area (Å²) in [6, 6.07) is 0. The molecular formula is H2BrIrN2. The van der Waals surface area contributed by atoms with E-state index in [1.807, 2.05) is 0 Å². The predicted molar refractivity (Wildman–Crippen MR) is 15.2 cm³/mol. The van der Waals surface area contributed by atoms with Crippen LogP contribution in [0.5, 0.6) is 0 Å². The maximum absolute atomic E-state index is 4.94. The van der Waals surface area contributed by atoms with Gasteiger partial charge in [-0.1, -0.05) is 0 Å². The fraction of sp³-hybridized carbons (Fsp3) is 0. The average molecular weight is 302 g/mol. The van der Waals surface area contributed by atoms with E-state index in [1.54, 1.807) is 0 Å².